The zero-order valence-electron chi connectivity index (χ0n) is 10.4. The molecule has 0 N–H and O–H groups in total. The van der Waals surface area contributed by atoms with Gasteiger partial charge in [-0.15, -0.1) is 0 Å². The second-order valence-electron chi connectivity index (χ2n) is 3.84. The van der Waals surface area contributed by atoms with Gasteiger partial charge in [0.05, 0.1) is 19.6 Å². The van der Waals surface area contributed by atoms with Crippen LogP contribution in [0.4, 0.5) is 0 Å². The number of benzene rings is 2. The summed E-state index contributed by atoms with van der Waals surface area (Å²) >= 11 is 5.82. The lowest BCUT2D eigenvalue weighted by Crippen LogP contribution is -1.95. The molecule has 2 aromatic carbocycles. The third kappa shape index (κ3) is 3.18. The first-order chi connectivity index (χ1) is 9.24. The highest BCUT2D eigenvalue weighted by atomic mass is 35.5. The molecule has 0 aliphatic rings. The molecule has 19 heavy (non-hydrogen) atoms. The van der Waals surface area contributed by atoms with Gasteiger partial charge in [-0.25, -0.2) is 0 Å². The van der Waals surface area contributed by atoms with Gasteiger partial charge in [0.25, 0.3) is 0 Å². The van der Waals surface area contributed by atoms with E-state index in [2.05, 4.69) is 6.07 Å². The van der Waals surface area contributed by atoms with Crippen molar-refractivity contribution in [2.24, 2.45) is 0 Å². The number of halogens is 1. The molecule has 0 fully saturated rings. The number of hydrogen-bond donors (Lipinski definition) is 0. The summed E-state index contributed by atoms with van der Waals surface area (Å²) in [6, 6.07) is 14.6. The SMILES string of the molecule is COc1c(CC#N)cccc1Oc1ccc(Cl)cc1. The fourth-order valence-corrected chi connectivity index (χ4v) is 1.85. The second-order valence-corrected chi connectivity index (χ2v) is 4.28. The van der Waals surface area contributed by atoms with E-state index in [1.54, 1.807) is 37.4 Å². The van der Waals surface area contributed by atoms with Crippen molar-refractivity contribution in [1.82, 2.24) is 0 Å². The maximum atomic E-state index is 8.79. The van der Waals surface area contributed by atoms with Crippen molar-refractivity contribution < 1.29 is 9.47 Å². The van der Waals surface area contributed by atoms with E-state index < -0.39 is 0 Å². The average Bonchev–Trinajstić information content (AvgIpc) is 2.42. The number of methoxy groups -OCH3 is 1. The van der Waals surface area contributed by atoms with Crippen LogP contribution in [0.3, 0.4) is 0 Å². The summed E-state index contributed by atoms with van der Waals surface area (Å²) in [5.74, 6) is 1.83. The fraction of sp³-hybridized carbons (Fsp3) is 0.133. The molecule has 0 radical (unpaired) electrons. The number of nitriles is 1. The quantitative estimate of drug-likeness (QED) is 0.838. The zero-order chi connectivity index (χ0) is 13.7. The summed E-state index contributed by atoms with van der Waals surface area (Å²) in [5, 5.41) is 9.44. The van der Waals surface area contributed by atoms with Gasteiger partial charge in [0.2, 0.25) is 0 Å². The molecule has 96 valence electrons. The first-order valence-corrected chi connectivity index (χ1v) is 6.08. The molecule has 0 aliphatic carbocycles. The Morgan fingerprint density at radius 2 is 1.89 bits per heavy atom. The van der Waals surface area contributed by atoms with Gasteiger partial charge in [0, 0.05) is 10.6 Å². The summed E-state index contributed by atoms with van der Waals surface area (Å²) in [6.45, 7) is 0. The second kappa shape index (κ2) is 6.12. The van der Waals surface area contributed by atoms with Crippen LogP contribution < -0.4 is 9.47 Å². The van der Waals surface area contributed by atoms with E-state index in [4.69, 9.17) is 26.3 Å². The maximum absolute atomic E-state index is 8.79. The third-order valence-electron chi connectivity index (χ3n) is 2.58. The Morgan fingerprint density at radius 1 is 1.16 bits per heavy atom. The van der Waals surface area contributed by atoms with Crippen molar-refractivity contribution >= 4 is 11.6 Å². The van der Waals surface area contributed by atoms with E-state index in [1.807, 2.05) is 12.1 Å². The van der Waals surface area contributed by atoms with Crippen LogP contribution in [0.5, 0.6) is 17.2 Å². The van der Waals surface area contributed by atoms with Crippen LogP contribution in [0.2, 0.25) is 5.02 Å². The minimum Gasteiger partial charge on any atom is -0.493 e. The topological polar surface area (TPSA) is 42.2 Å². The van der Waals surface area contributed by atoms with Gasteiger partial charge < -0.3 is 9.47 Å². The Kier molecular flexibility index (Phi) is 4.27. The van der Waals surface area contributed by atoms with Crippen molar-refractivity contribution in [3.63, 3.8) is 0 Å². The van der Waals surface area contributed by atoms with Crippen LogP contribution in [0.15, 0.2) is 42.5 Å². The van der Waals surface area contributed by atoms with Crippen LogP contribution in [-0.2, 0) is 6.42 Å². The molecule has 2 aromatic rings. The first kappa shape index (κ1) is 13.3. The average molecular weight is 274 g/mol. The summed E-state index contributed by atoms with van der Waals surface area (Å²) in [7, 11) is 1.56. The molecule has 0 bridgehead atoms. The van der Waals surface area contributed by atoms with Gasteiger partial charge in [-0.05, 0) is 30.3 Å². The first-order valence-electron chi connectivity index (χ1n) is 5.71. The highest BCUT2D eigenvalue weighted by Gasteiger charge is 2.10. The molecule has 0 spiro atoms. The summed E-state index contributed by atoms with van der Waals surface area (Å²) < 4.78 is 11.1. The third-order valence-corrected chi connectivity index (χ3v) is 2.83. The molecule has 0 aromatic heterocycles. The van der Waals surface area contributed by atoms with Crippen molar-refractivity contribution in [2.75, 3.05) is 7.11 Å². The van der Waals surface area contributed by atoms with Crippen LogP contribution >= 0.6 is 11.6 Å². The van der Waals surface area contributed by atoms with E-state index in [0.717, 1.165) is 5.56 Å². The largest absolute Gasteiger partial charge is 0.493 e. The van der Waals surface area contributed by atoms with Crippen LogP contribution in [0.1, 0.15) is 5.56 Å². The number of ether oxygens (including phenoxy) is 2. The van der Waals surface area contributed by atoms with Gasteiger partial charge >= 0.3 is 0 Å². The van der Waals surface area contributed by atoms with Crippen molar-refractivity contribution in [2.45, 2.75) is 6.42 Å². The maximum Gasteiger partial charge on any atom is 0.169 e. The van der Waals surface area contributed by atoms with Crippen molar-refractivity contribution in [3.8, 4) is 23.3 Å². The predicted molar refractivity (Wildman–Crippen MR) is 73.8 cm³/mol. The molecule has 3 nitrogen and oxygen atoms in total. The molecular formula is C15H12ClNO2. The van der Waals surface area contributed by atoms with Gasteiger partial charge in [0.1, 0.15) is 5.75 Å². The fourth-order valence-electron chi connectivity index (χ4n) is 1.73. The minimum atomic E-state index is 0.279. The van der Waals surface area contributed by atoms with Crippen LogP contribution in [-0.4, -0.2) is 7.11 Å². The van der Waals surface area contributed by atoms with E-state index in [-0.39, 0.29) is 6.42 Å². The van der Waals surface area contributed by atoms with Gasteiger partial charge in [0.15, 0.2) is 11.5 Å². The zero-order valence-corrected chi connectivity index (χ0v) is 11.1. The van der Waals surface area contributed by atoms with E-state index in [0.29, 0.717) is 22.3 Å². The Morgan fingerprint density at radius 3 is 2.53 bits per heavy atom. The van der Waals surface area contributed by atoms with Gasteiger partial charge in [-0.3, -0.25) is 0 Å². The van der Waals surface area contributed by atoms with Crippen LogP contribution in [0, 0.1) is 11.3 Å². The molecule has 0 saturated heterocycles. The van der Waals surface area contributed by atoms with E-state index in [1.165, 1.54) is 0 Å². The molecule has 4 heteroatoms. The smallest absolute Gasteiger partial charge is 0.169 e. The molecule has 0 aliphatic heterocycles. The summed E-state index contributed by atoms with van der Waals surface area (Å²) in [6.07, 6.45) is 0.279. The van der Waals surface area contributed by atoms with Crippen molar-refractivity contribution in [1.29, 1.82) is 5.26 Å². The van der Waals surface area contributed by atoms with E-state index >= 15 is 0 Å². The Labute approximate surface area is 117 Å². The Bertz CT molecular complexity index is 603. The molecule has 2 rings (SSSR count). The predicted octanol–water partition coefficient (Wildman–Crippen LogP) is 4.21. The molecular weight excluding hydrogens is 262 g/mol. The Hall–Kier alpha value is -2.18. The van der Waals surface area contributed by atoms with Gasteiger partial charge in [-0.2, -0.15) is 5.26 Å². The lowest BCUT2D eigenvalue weighted by Gasteiger charge is -2.12. The monoisotopic (exact) mass is 273 g/mol. The minimum absolute atomic E-state index is 0.279. The summed E-state index contributed by atoms with van der Waals surface area (Å²) in [4.78, 5) is 0. The van der Waals surface area contributed by atoms with Crippen molar-refractivity contribution in [3.05, 3.63) is 53.1 Å². The van der Waals surface area contributed by atoms with Crippen LogP contribution in [0.25, 0.3) is 0 Å². The molecule has 0 atom stereocenters. The number of para-hydroxylation sites is 1. The number of nitrogens with zero attached hydrogens (tertiary/aromatic N) is 1. The standard InChI is InChI=1S/C15H12ClNO2/c1-18-15-11(9-10-17)3-2-4-14(15)19-13-7-5-12(16)6-8-13/h2-8H,9H2,1H3. The van der Waals surface area contributed by atoms with Gasteiger partial charge in [-0.1, -0.05) is 23.7 Å². The number of hydrogen-bond acceptors (Lipinski definition) is 3. The normalized spacial score (nSPS) is 9.74. The summed E-state index contributed by atoms with van der Waals surface area (Å²) in [5.41, 5.74) is 0.802. The lowest BCUT2D eigenvalue weighted by molar-refractivity contribution is 0.375. The number of rotatable bonds is 4. The molecule has 0 unspecified atom stereocenters. The molecule has 0 heterocycles. The highest BCUT2D eigenvalue weighted by molar-refractivity contribution is 6.30. The molecule has 0 saturated carbocycles. The highest BCUT2D eigenvalue weighted by Crippen LogP contribution is 2.34. The van der Waals surface area contributed by atoms with E-state index in [9.17, 15) is 0 Å². The lowest BCUT2D eigenvalue weighted by atomic mass is 10.1. The Balaban J connectivity index is 2.32. The molecule has 0 amide bonds.